The summed E-state index contributed by atoms with van der Waals surface area (Å²) in [5, 5.41) is 3.78. The highest BCUT2D eigenvalue weighted by Crippen LogP contribution is 2.42. The van der Waals surface area contributed by atoms with Gasteiger partial charge >= 0.3 is 5.97 Å². The zero-order chi connectivity index (χ0) is 21.8. The molecule has 1 heterocycles. The Balaban J connectivity index is 1.52. The number of nitrogens with one attached hydrogen (secondary N) is 1. The molecule has 5 nitrogen and oxygen atoms in total. The predicted octanol–water partition coefficient (Wildman–Crippen LogP) is 5.48. The minimum Gasteiger partial charge on any atom is -0.482 e. The number of esters is 1. The smallest absolute Gasteiger partial charge is 0.341 e. The molecule has 0 fully saturated rings. The Morgan fingerprint density at radius 3 is 2.61 bits per heavy atom. The Labute approximate surface area is 190 Å². The number of ether oxygens (including phenoxy) is 2. The van der Waals surface area contributed by atoms with Crippen molar-refractivity contribution in [2.75, 3.05) is 19.0 Å². The van der Waals surface area contributed by atoms with E-state index in [1.165, 1.54) is 24.0 Å². The van der Waals surface area contributed by atoms with E-state index in [2.05, 4.69) is 17.4 Å². The van der Waals surface area contributed by atoms with Gasteiger partial charge in [0.25, 0.3) is 5.91 Å². The highest BCUT2D eigenvalue weighted by molar-refractivity contribution is 7.17. The average Bonchev–Trinajstić information content (AvgIpc) is 3.15. The van der Waals surface area contributed by atoms with Gasteiger partial charge in [0.15, 0.2) is 6.61 Å². The van der Waals surface area contributed by atoms with E-state index < -0.39 is 5.97 Å². The molecule has 0 saturated carbocycles. The molecule has 0 aliphatic heterocycles. The molecule has 1 amide bonds. The zero-order valence-corrected chi connectivity index (χ0v) is 18.6. The average molecular weight is 456 g/mol. The van der Waals surface area contributed by atoms with E-state index in [4.69, 9.17) is 21.1 Å². The number of anilines is 1. The number of carbonyl (C=O) groups excluding carboxylic acids is 2. The van der Waals surface area contributed by atoms with Gasteiger partial charge in [-0.2, -0.15) is 0 Å². The summed E-state index contributed by atoms with van der Waals surface area (Å²) in [5.74, 6) is 0.0369. The molecule has 31 heavy (non-hydrogen) atoms. The third-order valence-corrected chi connectivity index (χ3v) is 6.86. The maximum absolute atomic E-state index is 12.5. The molecule has 4 rings (SSSR count). The van der Waals surface area contributed by atoms with E-state index in [0.29, 0.717) is 27.3 Å². The van der Waals surface area contributed by atoms with Crippen molar-refractivity contribution in [3.8, 4) is 5.75 Å². The van der Waals surface area contributed by atoms with Crippen LogP contribution in [0.2, 0.25) is 5.02 Å². The van der Waals surface area contributed by atoms with E-state index >= 15 is 0 Å². The summed E-state index contributed by atoms with van der Waals surface area (Å²) >= 11 is 7.51. The van der Waals surface area contributed by atoms with Crippen LogP contribution in [0.4, 0.5) is 5.00 Å². The number of hydrogen-bond donors (Lipinski definition) is 1. The third-order valence-electron chi connectivity index (χ3n) is 5.37. The first-order valence-corrected chi connectivity index (χ1v) is 11.2. The van der Waals surface area contributed by atoms with Gasteiger partial charge < -0.3 is 14.8 Å². The van der Waals surface area contributed by atoms with E-state index in [1.54, 1.807) is 24.3 Å². The highest BCUT2D eigenvalue weighted by atomic mass is 35.5. The lowest BCUT2D eigenvalue weighted by molar-refractivity contribution is -0.118. The molecule has 1 N–H and O–H groups in total. The van der Waals surface area contributed by atoms with Crippen LogP contribution >= 0.6 is 22.9 Å². The quantitative estimate of drug-likeness (QED) is 0.500. The van der Waals surface area contributed by atoms with E-state index in [-0.39, 0.29) is 12.5 Å². The summed E-state index contributed by atoms with van der Waals surface area (Å²) < 4.78 is 10.5. The highest BCUT2D eigenvalue weighted by Gasteiger charge is 2.30. The van der Waals surface area contributed by atoms with Crippen LogP contribution in [0.25, 0.3) is 0 Å². The van der Waals surface area contributed by atoms with Gasteiger partial charge in [-0.05, 0) is 48.4 Å². The molecule has 0 spiro atoms. The van der Waals surface area contributed by atoms with Crippen LogP contribution in [0.1, 0.15) is 38.7 Å². The Bertz CT molecular complexity index is 1100. The molecule has 160 valence electrons. The van der Waals surface area contributed by atoms with Crippen LogP contribution in [0.5, 0.6) is 5.75 Å². The monoisotopic (exact) mass is 455 g/mol. The first-order valence-electron chi connectivity index (χ1n) is 10.0. The number of carbonyl (C=O) groups is 2. The van der Waals surface area contributed by atoms with Gasteiger partial charge in [-0.25, -0.2) is 4.79 Å². The summed E-state index contributed by atoms with van der Waals surface area (Å²) in [4.78, 5) is 26.2. The van der Waals surface area contributed by atoms with Crippen molar-refractivity contribution in [2.45, 2.75) is 25.2 Å². The molecule has 0 saturated heterocycles. The molecule has 7 heteroatoms. The van der Waals surface area contributed by atoms with Crippen molar-refractivity contribution in [1.29, 1.82) is 0 Å². The van der Waals surface area contributed by atoms with Gasteiger partial charge in [-0.15, -0.1) is 11.3 Å². The largest absolute Gasteiger partial charge is 0.482 e. The number of rotatable bonds is 6. The fraction of sp³-hybridized carbons (Fsp3) is 0.250. The summed E-state index contributed by atoms with van der Waals surface area (Å²) in [7, 11) is 1.36. The molecular formula is C24H22ClNO4S. The van der Waals surface area contributed by atoms with Crippen LogP contribution in [0.3, 0.4) is 0 Å². The minimum atomic E-state index is -0.432. The van der Waals surface area contributed by atoms with Gasteiger partial charge in [-0.3, -0.25) is 4.79 Å². The molecule has 2 aromatic carbocycles. The molecular weight excluding hydrogens is 434 g/mol. The molecule has 0 bridgehead atoms. The van der Waals surface area contributed by atoms with Crippen LogP contribution in [0, 0.1) is 0 Å². The normalized spacial score (nSPS) is 15.1. The van der Waals surface area contributed by atoms with Crippen molar-refractivity contribution < 1.29 is 19.1 Å². The molecule has 1 aliphatic carbocycles. The summed E-state index contributed by atoms with van der Waals surface area (Å²) in [5.41, 5.74) is 2.73. The third kappa shape index (κ3) is 4.75. The van der Waals surface area contributed by atoms with Gasteiger partial charge in [0.1, 0.15) is 10.8 Å². The first-order chi connectivity index (χ1) is 15.1. The Morgan fingerprint density at radius 1 is 1.13 bits per heavy atom. The Morgan fingerprint density at radius 2 is 1.87 bits per heavy atom. The van der Waals surface area contributed by atoms with Crippen LogP contribution in [-0.2, 0) is 22.4 Å². The van der Waals surface area contributed by atoms with Crippen molar-refractivity contribution >= 4 is 39.8 Å². The lowest BCUT2D eigenvalue weighted by Crippen LogP contribution is -2.21. The molecule has 3 aromatic rings. The van der Waals surface area contributed by atoms with Gasteiger partial charge in [-0.1, -0.05) is 54.1 Å². The fourth-order valence-corrected chi connectivity index (χ4v) is 5.39. The van der Waals surface area contributed by atoms with Crippen molar-refractivity contribution in [2.24, 2.45) is 0 Å². The van der Waals surface area contributed by atoms with E-state index in [0.717, 1.165) is 29.7 Å². The summed E-state index contributed by atoms with van der Waals surface area (Å²) in [6.07, 6.45) is 2.54. The summed E-state index contributed by atoms with van der Waals surface area (Å²) in [6, 6.07) is 17.3. The topological polar surface area (TPSA) is 64.6 Å². The van der Waals surface area contributed by atoms with E-state index in [1.807, 2.05) is 18.2 Å². The van der Waals surface area contributed by atoms with Gasteiger partial charge in [0.05, 0.1) is 17.7 Å². The second-order valence-electron chi connectivity index (χ2n) is 7.32. The lowest BCUT2D eigenvalue weighted by atomic mass is 9.83. The number of halogens is 1. The molecule has 0 radical (unpaired) electrons. The second-order valence-corrected chi connectivity index (χ2v) is 8.83. The number of methoxy groups -OCH3 is 1. The number of thiophene rings is 1. The second kappa shape index (κ2) is 9.54. The fourth-order valence-electron chi connectivity index (χ4n) is 3.87. The van der Waals surface area contributed by atoms with Gasteiger partial charge in [0.2, 0.25) is 0 Å². The zero-order valence-electron chi connectivity index (χ0n) is 17.0. The molecule has 1 aromatic heterocycles. The number of benzene rings is 2. The van der Waals surface area contributed by atoms with Crippen LogP contribution in [-0.4, -0.2) is 25.6 Å². The molecule has 1 unspecified atom stereocenters. The standard InChI is InChI=1S/C24H22ClNO4S/c1-29-24(28)22-17-12-11-16(15-7-3-2-4-8-15)13-20(17)31-23(22)26-21(27)14-30-19-10-6-5-9-18(19)25/h2-10,16H,11-14H2,1H3,(H,26,27). The SMILES string of the molecule is COC(=O)c1c(NC(=O)COc2ccccc2Cl)sc2c1CCC(c1ccccc1)C2. The number of hydrogen-bond acceptors (Lipinski definition) is 5. The van der Waals surface area contributed by atoms with Crippen LogP contribution < -0.4 is 10.1 Å². The van der Waals surface area contributed by atoms with Gasteiger partial charge in [0, 0.05) is 4.88 Å². The number of para-hydroxylation sites is 1. The Kier molecular flexibility index (Phi) is 6.59. The maximum atomic E-state index is 12.5. The minimum absolute atomic E-state index is 0.209. The van der Waals surface area contributed by atoms with Crippen molar-refractivity contribution in [1.82, 2.24) is 0 Å². The van der Waals surface area contributed by atoms with Crippen molar-refractivity contribution in [3.63, 3.8) is 0 Å². The molecule has 1 aliphatic rings. The van der Waals surface area contributed by atoms with Crippen LogP contribution in [0.15, 0.2) is 54.6 Å². The number of amides is 1. The molecule has 1 atom stereocenters. The first kappa shape index (κ1) is 21.4. The Hall–Kier alpha value is -2.83. The van der Waals surface area contributed by atoms with E-state index in [9.17, 15) is 9.59 Å². The lowest BCUT2D eigenvalue weighted by Gasteiger charge is -2.22. The maximum Gasteiger partial charge on any atom is 0.341 e. The van der Waals surface area contributed by atoms with Crippen molar-refractivity contribution in [3.05, 3.63) is 81.2 Å². The predicted molar refractivity (Wildman–Crippen MR) is 122 cm³/mol. The number of fused-ring (bicyclic) bond motifs is 1. The summed E-state index contributed by atoms with van der Waals surface area (Å²) in [6.45, 7) is -0.209.